The van der Waals surface area contributed by atoms with Crippen LogP contribution in [0.15, 0.2) is 24.5 Å². The molecule has 9 nitrogen and oxygen atoms in total. The summed E-state index contributed by atoms with van der Waals surface area (Å²) < 4.78 is 25.5. The predicted molar refractivity (Wildman–Crippen MR) is 120 cm³/mol. The van der Waals surface area contributed by atoms with E-state index in [0.29, 0.717) is 32.2 Å². The first-order valence-electron chi connectivity index (χ1n) is 11.2. The van der Waals surface area contributed by atoms with Crippen LogP contribution in [0.2, 0.25) is 0 Å². The van der Waals surface area contributed by atoms with Crippen LogP contribution in [0.4, 0.5) is 5.82 Å². The van der Waals surface area contributed by atoms with Gasteiger partial charge in [-0.25, -0.2) is 9.97 Å². The summed E-state index contributed by atoms with van der Waals surface area (Å²) in [5.74, 6) is 1.11. The molecule has 1 unspecified atom stereocenters. The molecule has 6 rings (SSSR count). The van der Waals surface area contributed by atoms with E-state index in [4.69, 9.17) is 23.9 Å². The average Bonchev–Trinajstić information content (AvgIpc) is 3.60. The second-order valence-electron chi connectivity index (χ2n) is 8.86. The highest BCUT2D eigenvalue weighted by molar-refractivity contribution is 5.98. The van der Waals surface area contributed by atoms with E-state index in [0.717, 1.165) is 58.6 Å². The number of nitrogens with one attached hydrogen (secondary N) is 1. The number of carbonyl (C=O) groups excluding carboxylic acids is 1. The Labute approximate surface area is 191 Å². The number of ether oxygens (including phenoxy) is 4. The van der Waals surface area contributed by atoms with Gasteiger partial charge in [0.1, 0.15) is 17.2 Å². The maximum absolute atomic E-state index is 11.6. The van der Waals surface area contributed by atoms with Gasteiger partial charge in [-0.3, -0.25) is 4.79 Å². The fraction of sp³-hybridized carbons (Fsp3) is 0.458. The topological polar surface area (TPSA) is 96.7 Å². The first-order chi connectivity index (χ1) is 16.1. The number of rotatable bonds is 4. The van der Waals surface area contributed by atoms with Crippen molar-refractivity contribution in [2.45, 2.75) is 38.0 Å². The minimum absolute atomic E-state index is 0.162. The van der Waals surface area contributed by atoms with Crippen LogP contribution in [0.5, 0.6) is 5.75 Å². The van der Waals surface area contributed by atoms with Crippen LogP contribution in [0.25, 0.3) is 22.2 Å². The van der Waals surface area contributed by atoms with Crippen molar-refractivity contribution in [3.05, 3.63) is 35.8 Å². The Balaban J connectivity index is 1.55. The first-order valence-corrected chi connectivity index (χ1v) is 11.2. The van der Waals surface area contributed by atoms with Gasteiger partial charge in [-0.2, -0.15) is 0 Å². The monoisotopic (exact) mass is 450 g/mol. The molecule has 1 spiro atoms. The summed E-state index contributed by atoms with van der Waals surface area (Å²) in [5, 5.41) is 3.76. The maximum atomic E-state index is 11.6. The fourth-order valence-electron chi connectivity index (χ4n) is 5.15. The lowest BCUT2D eigenvalue weighted by Gasteiger charge is -2.21. The highest BCUT2D eigenvalue weighted by Gasteiger charge is 2.46. The number of anilines is 1. The summed E-state index contributed by atoms with van der Waals surface area (Å²) in [6, 6.07) is 4.11. The van der Waals surface area contributed by atoms with Gasteiger partial charge in [-0.1, -0.05) is 0 Å². The molecule has 0 bridgehead atoms. The average molecular weight is 450 g/mol. The van der Waals surface area contributed by atoms with E-state index in [1.54, 1.807) is 7.11 Å². The Kier molecular flexibility index (Phi) is 4.86. The minimum atomic E-state index is -0.515. The molecule has 6 heterocycles. The molecule has 172 valence electrons. The number of methoxy groups -OCH3 is 1. The smallest absolute Gasteiger partial charge is 0.222 e. The molecule has 3 aromatic rings. The van der Waals surface area contributed by atoms with Gasteiger partial charge in [0.2, 0.25) is 5.91 Å². The van der Waals surface area contributed by atoms with Gasteiger partial charge < -0.3 is 28.8 Å². The third-order valence-corrected chi connectivity index (χ3v) is 6.81. The molecular formula is C24H26N4O5. The number of hydrogen-bond acceptors (Lipinski definition) is 7. The zero-order chi connectivity index (χ0) is 22.6. The van der Waals surface area contributed by atoms with Crippen LogP contribution in [0.3, 0.4) is 0 Å². The number of pyridine rings is 2. The van der Waals surface area contributed by atoms with Gasteiger partial charge in [0.25, 0.3) is 0 Å². The number of carbonyl (C=O) groups is 1. The third kappa shape index (κ3) is 3.30. The van der Waals surface area contributed by atoms with Gasteiger partial charge >= 0.3 is 0 Å². The molecule has 2 atom stereocenters. The van der Waals surface area contributed by atoms with Crippen LogP contribution < -0.4 is 10.1 Å². The Morgan fingerprint density at radius 2 is 2.21 bits per heavy atom. The quantitative estimate of drug-likeness (QED) is 0.652. The van der Waals surface area contributed by atoms with E-state index in [9.17, 15) is 4.79 Å². The second kappa shape index (κ2) is 7.79. The van der Waals surface area contributed by atoms with E-state index < -0.39 is 5.60 Å². The molecule has 3 aliphatic rings. The predicted octanol–water partition coefficient (Wildman–Crippen LogP) is 3.17. The molecule has 1 amide bonds. The molecule has 0 aromatic carbocycles. The summed E-state index contributed by atoms with van der Waals surface area (Å²) in [7, 11) is 1.67. The van der Waals surface area contributed by atoms with Crippen LogP contribution in [-0.4, -0.2) is 54.0 Å². The number of fused-ring (bicyclic) bond motifs is 3. The van der Waals surface area contributed by atoms with Crippen LogP contribution in [0, 0.1) is 0 Å². The summed E-state index contributed by atoms with van der Waals surface area (Å²) in [4.78, 5) is 21.2. The number of aromatic nitrogens is 3. The van der Waals surface area contributed by atoms with E-state index >= 15 is 0 Å². The standard InChI is InChI=1S/C24H26N4O5/c1-14(29)26-22-7-16-17(10-28(20(16)9-25-22)15-3-5-31-11-15)19-8-21(30-2)18-12-33-24(23(18)27-19)4-6-32-13-24/h7-10,15H,3-6,11-13H2,1-2H3,(H,25,26,29)/t15-,24?/m0/s1. The largest absolute Gasteiger partial charge is 0.496 e. The van der Waals surface area contributed by atoms with Gasteiger partial charge in [0.15, 0.2) is 0 Å². The van der Waals surface area contributed by atoms with E-state index in [1.165, 1.54) is 6.92 Å². The Morgan fingerprint density at radius 3 is 2.94 bits per heavy atom. The van der Waals surface area contributed by atoms with E-state index in [2.05, 4.69) is 21.1 Å². The van der Waals surface area contributed by atoms with Crippen LogP contribution in [0.1, 0.15) is 37.1 Å². The lowest BCUT2D eigenvalue weighted by atomic mass is 9.95. The van der Waals surface area contributed by atoms with Gasteiger partial charge in [0, 0.05) is 55.3 Å². The van der Waals surface area contributed by atoms with Crippen molar-refractivity contribution < 1.29 is 23.7 Å². The Morgan fingerprint density at radius 1 is 1.30 bits per heavy atom. The molecule has 2 fully saturated rings. The van der Waals surface area contributed by atoms with Crippen molar-refractivity contribution >= 4 is 22.6 Å². The fourth-order valence-corrected chi connectivity index (χ4v) is 5.15. The van der Waals surface area contributed by atoms with Gasteiger partial charge in [0.05, 0.1) is 56.1 Å². The summed E-state index contributed by atoms with van der Waals surface area (Å²) in [6.45, 7) is 4.49. The van der Waals surface area contributed by atoms with Gasteiger partial charge in [-0.15, -0.1) is 0 Å². The van der Waals surface area contributed by atoms with Crippen LogP contribution in [-0.2, 0) is 31.2 Å². The molecule has 0 saturated carbocycles. The van der Waals surface area contributed by atoms with Gasteiger partial charge in [-0.05, 0) is 12.5 Å². The normalized spacial score (nSPS) is 24.0. The van der Waals surface area contributed by atoms with Crippen molar-refractivity contribution in [1.82, 2.24) is 14.5 Å². The molecule has 3 aliphatic heterocycles. The first kappa shape index (κ1) is 20.6. The summed E-state index contributed by atoms with van der Waals surface area (Å²) >= 11 is 0. The van der Waals surface area contributed by atoms with E-state index in [1.807, 2.05) is 18.3 Å². The molecule has 0 aliphatic carbocycles. The molecule has 3 aromatic heterocycles. The Bertz CT molecular complexity index is 1240. The van der Waals surface area contributed by atoms with Crippen molar-refractivity contribution in [3.8, 4) is 17.0 Å². The highest BCUT2D eigenvalue weighted by Crippen LogP contribution is 2.46. The lowest BCUT2D eigenvalue weighted by Crippen LogP contribution is -2.26. The zero-order valence-electron chi connectivity index (χ0n) is 18.7. The lowest BCUT2D eigenvalue weighted by molar-refractivity contribution is -0.114. The van der Waals surface area contributed by atoms with Crippen molar-refractivity contribution in [3.63, 3.8) is 0 Å². The maximum Gasteiger partial charge on any atom is 0.222 e. The number of hydrogen-bond donors (Lipinski definition) is 1. The second-order valence-corrected chi connectivity index (χ2v) is 8.86. The summed E-state index contributed by atoms with van der Waals surface area (Å²) in [5.41, 5.74) is 4.10. The van der Waals surface area contributed by atoms with Crippen LogP contribution >= 0.6 is 0 Å². The molecular weight excluding hydrogens is 424 g/mol. The SMILES string of the molecule is COc1cc(-c2cn([C@H]3CCOC3)c3cnc(NC(C)=O)cc23)nc2c1COC21CCOC1. The van der Waals surface area contributed by atoms with Crippen molar-refractivity contribution in [2.75, 3.05) is 38.9 Å². The molecule has 1 N–H and O–H groups in total. The van der Waals surface area contributed by atoms with E-state index in [-0.39, 0.29) is 11.9 Å². The molecule has 2 saturated heterocycles. The Hall–Kier alpha value is -3.01. The minimum Gasteiger partial charge on any atom is -0.496 e. The molecule has 9 heteroatoms. The number of amides is 1. The number of nitrogens with zero attached hydrogens (tertiary/aromatic N) is 3. The van der Waals surface area contributed by atoms with Crippen molar-refractivity contribution in [2.24, 2.45) is 0 Å². The summed E-state index contributed by atoms with van der Waals surface area (Å²) in [6.07, 6.45) is 5.64. The molecule has 0 radical (unpaired) electrons. The highest BCUT2D eigenvalue weighted by atomic mass is 16.6. The molecule has 33 heavy (non-hydrogen) atoms. The van der Waals surface area contributed by atoms with Crippen molar-refractivity contribution in [1.29, 1.82) is 0 Å². The third-order valence-electron chi connectivity index (χ3n) is 6.81. The zero-order valence-corrected chi connectivity index (χ0v) is 18.7.